The summed E-state index contributed by atoms with van der Waals surface area (Å²) in [5.41, 5.74) is 1.29. The number of unbranched alkanes of at least 4 members (excludes halogenated alkanes) is 3. The number of hydrogen-bond donors (Lipinski definition) is 0. The number of para-hydroxylation sites is 1. The highest BCUT2D eigenvalue weighted by molar-refractivity contribution is 5.33. The number of ether oxygens (including phenoxy) is 1. The van der Waals surface area contributed by atoms with E-state index in [1.807, 2.05) is 6.07 Å². The van der Waals surface area contributed by atoms with Crippen LogP contribution in [-0.2, 0) is 6.42 Å². The van der Waals surface area contributed by atoms with Gasteiger partial charge in [0.2, 0.25) is 0 Å². The normalized spacial score (nSPS) is 10.4. The van der Waals surface area contributed by atoms with Gasteiger partial charge in [-0.25, -0.2) is 0 Å². The molecule has 1 nitrogen and oxygen atoms in total. The van der Waals surface area contributed by atoms with Crippen LogP contribution in [0, 0.1) is 6.92 Å². The Kier molecular flexibility index (Phi) is 6.71. The Morgan fingerprint density at radius 2 is 1.94 bits per heavy atom. The van der Waals surface area contributed by atoms with Crippen LogP contribution in [0.15, 0.2) is 24.3 Å². The molecule has 1 aromatic carbocycles. The fourth-order valence-corrected chi connectivity index (χ4v) is 1.75. The standard InChI is InChI=1S/C15H23O/c1-3-5-6-9-13-16-15-12-8-7-11-14(15)10-4-2/h7-8,11-12H,2-6,9-10,13H2,1H3. The molecule has 1 aromatic rings. The van der Waals surface area contributed by atoms with Crippen molar-refractivity contribution in [2.24, 2.45) is 0 Å². The van der Waals surface area contributed by atoms with Gasteiger partial charge in [-0.1, -0.05) is 51.3 Å². The van der Waals surface area contributed by atoms with Gasteiger partial charge in [0, 0.05) is 0 Å². The fourth-order valence-electron chi connectivity index (χ4n) is 1.75. The first-order valence-electron chi connectivity index (χ1n) is 6.38. The van der Waals surface area contributed by atoms with Gasteiger partial charge in [-0.3, -0.25) is 0 Å². The molecular weight excluding hydrogens is 196 g/mol. The maximum atomic E-state index is 5.81. The van der Waals surface area contributed by atoms with Crippen molar-refractivity contribution in [3.05, 3.63) is 36.8 Å². The molecule has 0 aromatic heterocycles. The highest BCUT2D eigenvalue weighted by Gasteiger charge is 2.01. The second-order valence-corrected chi connectivity index (χ2v) is 4.12. The van der Waals surface area contributed by atoms with Gasteiger partial charge in [-0.05, 0) is 30.9 Å². The number of hydrogen-bond acceptors (Lipinski definition) is 1. The van der Waals surface area contributed by atoms with E-state index in [2.05, 4.69) is 32.0 Å². The van der Waals surface area contributed by atoms with Crippen LogP contribution in [-0.4, -0.2) is 6.61 Å². The monoisotopic (exact) mass is 219 g/mol. The van der Waals surface area contributed by atoms with Crippen LogP contribution >= 0.6 is 0 Å². The van der Waals surface area contributed by atoms with Crippen LogP contribution in [0.5, 0.6) is 5.75 Å². The average molecular weight is 219 g/mol. The summed E-state index contributed by atoms with van der Waals surface area (Å²) in [6, 6.07) is 8.29. The van der Waals surface area contributed by atoms with Gasteiger partial charge in [0.05, 0.1) is 6.61 Å². The SMILES string of the molecule is [CH2]CCc1ccccc1OCCCCCC. The molecule has 0 fully saturated rings. The van der Waals surface area contributed by atoms with Gasteiger partial charge in [0.1, 0.15) is 5.75 Å². The molecule has 0 heterocycles. The van der Waals surface area contributed by atoms with E-state index in [1.54, 1.807) is 0 Å². The Bertz CT molecular complexity index is 281. The second-order valence-electron chi connectivity index (χ2n) is 4.12. The van der Waals surface area contributed by atoms with Crippen LogP contribution in [0.2, 0.25) is 0 Å². The highest BCUT2D eigenvalue weighted by Crippen LogP contribution is 2.19. The number of rotatable bonds is 8. The quantitative estimate of drug-likeness (QED) is 0.588. The predicted molar refractivity (Wildman–Crippen MR) is 69.8 cm³/mol. The minimum Gasteiger partial charge on any atom is -0.493 e. The van der Waals surface area contributed by atoms with Crippen molar-refractivity contribution in [2.75, 3.05) is 6.61 Å². The predicted octanol–water partition coefficient (Wildman–Crippen LogP) is 4.41. The highest BCUT2D eigenvalue weighted by atomic mass is 16.5. The van der Waals surface area contributed by atoms with Crippen molar-refractivity contribution >= 4 is 0 Å². The summed E-state index contributed by atoms with van der Waals surface area (Å²) in [5, 5.41) is 0. The van der Waals surface area contributed by atoms with Crippen molar-refractivity contribution in [1.82, 2.24) is 0 Å². The molecule has 1 radical (unpaired) electrons. The van der Waals surface area contributed by atoms with E-state index in [4.69, 9.17) is 4.74 Å². The summed E-state index contributed by atoms with van der Waals surface area (Å²) in [5.74, 6) is 1.04. The molecule has 0 N–H and O–H groups in total. The Hall–Kier alpha value is -0.980. The summed E-state index contributed by atoms with van der Waals surface area (Å²) in [6.07, 6.45) is 6.95. The molecule has 0 aliphatic carbocycles. The number of aryl methyl sites for hydroxylation is 1. The lowest BCUT2D eigenvalue weighted by Gasteiger charge is -2.10. The Morgan fingerprint density at radius 1 is 1.12 bits per heavy atom. The first kappa shape index (κ1) is 13.1. The van der Waals surface area contributed by atoms with E-state index in [-0.39, 0.29) is 0 Å². The zero-order chi connectivity index (χ0) is 11.6. The van der Waals surface area contributed by atoms with E-state index in [0.717, 1.165) is 31.6 Å². The molecular formula is C15H23O. The molecule has 0 amide bonds. The third-order valence-electron chi connectivity index (χ3n) is 2.67. The average Bonchev–Trinajstić information content (AvgIpc) is 2.31. The zero-order valence-corrected chi connectivity index (χ0v) is 10.4. The van der Waals surface area contributed by atoms with Gasteiger partial charge in [-0.15, -0.1) is 0 Å². The van der Waals surface area contributed by atoms with Gasteiger partial charge in [-0.2, -0.15) is 0 Å². The van der Waals surface area contributed by atoms with Gasteiger partial charge in [0.15, 0.2) is 0 Å². The molecule has 0 saturated carbocycles. The van der Waals surface area contributed by atoms with Crippen molar-refractivity contribution in [1.29, 1.82) is 0 Å². The van der Waals surface area contributed by atoms with Gasteiger partial charge in [0.25, 0.3) is 0 Å². The minimum absolute atomic E-state index is 0.841. The Morgan fingerprint density at radius 3 is 2.69 bits per heavy atom. The van der Waals surface area contributed by atoms with Crippen molar-refractivity contribution in [3.8, 4) is 5.75 Å². The molecule has 0 aliphatic heterocycles. The van der Waals surface area contributed by atoms with Gasteiger partial charge < -0.3 is 4.74 Å². The molecule has 0 bridgehead atoms. The van der Waals surface area contributed by atoms with Crippen molar-refractivity contribution < 1.29 is 4.74 Å². The maximum absolute atomic E-state index is 5.81. The number of benzene rings is 1. The Balaban J connectivity index is 2.34. The lowest BCUT2D eigenvalue weighted by atomic mass is 10.1. The fraction of sp³-hybridized carbons (Fsp3) is 0.533. The second kappa shape index (κ2) is 8.20. The van der Waals surface area contributed by atoms with E-state index < -0.39 is 0 Å². The summed E-state index contributed by atoms with van der Waals surface area (Å²) in [4.78, 5) is 0. The van der Waals surface area contributed by atoms with E-state index in [1.165, 1.54) is 24.8 Å². The lowest BCUT2D eigenvalue weighted by Crippen LogP contribution is -2.00. The first-order chi connectivity index (χ1) is 7.88. The summed E-state index contributed by atoms with van der Waals surface area (Å²) < 4.78 is 5.81. The zero-order valence-electron chi connectivity index (χ0n) is 10.4. The summed E-state index contributed by atoms with van der Waals surface area (Å²) in [6.45, 7) is 6.96. The van der Waals surface area contributed by atoms with Crippen LogP contribution in [0.25, 0.3) is 0 Å². The van der Waals surface area contributed by atoms with E-state index in [9.17, 15) is 0 Å². The van der Waals surface area contributed by atoms with Crippen molar-refractivity contribution in [2.45, 2.75) is 45.4 Å². The summed E-state index contributed by atoms with van der Waals surface area (Å²) in [7, 11) is 0. The molecule has 0 unspecified atom stereocenters. The molecule has 0 atom stereocenters. The molecule has 89 valence electrons. The van der Waals surface area contributed by atoms with Crippen molar-refractivity contribution in [3.63, 3.8) is 0 Å². The minimum atomic E-state index is 0.841. The van der Waals surface area contributed by atoms with E-state index in [0.29, 0.717) is 0 Å². The van der Waals surface area contributed by atoms with Crippen LogP contribution in [0.1, 0.15) is 44.6 Å². The van der Waals surface area contributed by atoms with Crippen LogP contribution in [0.4, 0.5) is 0 Å². The smallest absolute Gasteiger partial charge is 0.122 e. The maximum Gasteiger partial charge on any atom is 0.122 e. The van der Waals surface area contributed by atoms with E-state index >= 15 is 0 Å². The van der Waals surface area contributed by atoms with Crippen LogP contribution in [0.3, 0.4) is 0 Å². The third-order valence-corrected chi connectivity index (χ3v) is 2.67. The molecule has 1 rings (SSSR count). The third kappa shape index (κ3) is 4.69. The molecule has 0 saturated heterocycles. The topological polar surface area (TPSA) is 9.23 Å². The summed E-state index contributed by atoms with van der Waals surface area (Å²) >= 11 is 0. The Labute approximate surface area is 99.8 Å². The van der Waals surface area contributed by atoms with Gasteiger partial charge >= 0.3 is 0 Å². The lowest BCUT2D eigenvalue weighted by molar-refractivity contribution is 0.302. The van der Waals surface area contributed by atoms with Crippen LogP contribution < -0.4 is 4.74 Å². The molecule has 0 aliphatic rings. The first-order valence-corrected chi connectivity index (χ1v) is 6.38. The molecule has 1 heteroatoms. The largest absolute Gasteiger partial charge is 0.493 e. The molecule has 16 heavy (non-hydrogen) atoms. The molecule has 0 spiro atoms.